The van der Waals surface area contributed by atoms with Crippen molar-refractivity contribution < 1.29 is 9.59 Å². The Balaban J connectivity index is 1.48. The zero-order valence-electron chi connectivity index (χ0n) is 20.7. The Bertz CT molecular complexity index is 1550. The van der Waals surface area contributed by atoms with Gasteiger partial charge < -0.3 is 16.0 Å². The summed E-state index contributed by atoms with van der Waals surface area (Å²) in [6.07, 6.45) is 7.63. The lowest BCUT2D eigenvalue weighted by Gasteiger charge is -2.21. The molecule has 1 unspecified atom stereocenters. The molecule has 0 spiro atoms. The summed E-state index contributed by atoms with van der Waals surface area (Å²) >= 11 is 0. The summed E-state index contributed by atoms with van der Waals surface area (Å²) in [6.45, 7) is 4.33. The van der Waals surface area contributed by atoms with Crippen molar-refractivity contribution in [2.75, 3.05) is 17.6 Å². The number of benzene rings is 1. The van der Waals surface area contributed by atoms with Crippen LogP contribution in [0.4, 0.5) is 11.6 Å². The van der Waals surface area contributed by atoms with Gasteiger partial charge in [0.2, 0.25) is 0 Å². The third-order valence-corrected chi connectivity index (χ3v) is 6.55. The Hall–Kier alpha value is -4.71. The molecule has 3 N–H and O–H groups in total. The first kappa shape index (κ1) is 24.0. The van der Waals surface area contributed by atoms with Crippen molar-refractivity contribution in [3.05, 3.63) is 71.9 Å². The summed E-state index contributed by atoms with van der Waals surface area (Å²) in [6, 6.07) is 10.7. The largest absolute Gasteiger partial charge is 0.382 e. The van der Waals surface area contributed by atoms with E-state index in [4.69, 9.17) is 10.7 Å². The Morgan fingerprint density at radius 1 is 1.16 bits per heavy atom. The number of imidazole rings is 1. The lowest BCUT2D eigenvalue weighted by molar-refractivity contribution is -0.126. The number of carbonyl (C=O) groups excluding carboxylic acids is 2. The number of amides is 2. The molecular formula is C28H27N7O2. The van der Waals surface area contributed by atoms with Crippen LogP contribution in [0.25, 0.3) is 16.8 Å². The Morgan fingerprint density at radius 2 is 1.97 bits per heavy atom. The number of nitrogens with zero attached hydrogens (tertiary/aromatic N) is 5. The van der Waals surface area contributed by atoms with E-state index in [9.17, 15) is 9.59 Å². The van der Waals surface area contributed by atoms with E-state index in [1.54, 1.807) is 36.4 Å². The summed E-state index contributed by atoms with van der Waals surface area (Å²) in [5, 5.41) is 2.85. The zero-order valence-corrected chi connectivity index (χ0v) is 20.7. The van der Waals surface area contributed by atoms with Gasteiger partial charge in [0.15, 0.2) is 0 Å². The molecule has 1 atom stereocenters. The molecule has 3 aromatic heterocycles. The lowest BCUT2D eigenvalue weighted by Crippen LogP contribution is -2.30. The molecule has 4 aromatic rings. The molecule has 1 aliphatic heterocycles. The number of likely N-dealkylation sites (tertiary alicyclic amines) is 1. The number of nitrogens with one attached hydrogen (secondary N) is 1. The smallest absolute Gasteiger partial charge is 0.299 e. The van der Waals surface area contributed by atoms with E-state index in [1.807, 2.05) is 41.8 Å². The number of anilines is 2. The Labute approximate surface area is 214 Å². The summed E-state index contributed by atoms with van der Waals surface area (Å²) in [5.41, 5.74) is 9.97. The van der Waals surface area contributed by atoms with Gasteiger partial charge in [-0.1, -0.05) is 25.0 Å². The minimum atomic E-state index is -0.249. The van der Waals surface area contributed by atoms with Gasteiger partial charge in [0, 0.05) is 36.3 Å². The molecule has 186 valence electrons. The van der Waals surface area contributed by atoms with E-state index in [1.165, 1.54) is 0 Å². The van der Waals surface area contributed by atoms with Crippen molar-refractivity contribution in [1.82, 2.24) is 24.3 Å². The number of hydrogen-bond donors (Lipinski definition) is 2. The van der Waals surface area contributed by atoms with Crippen molar-refractivity contribution in [3.63, 3.8) is 0 Å². The molecule has 0 bridgehead atoms. The number of nitrogens with two attached hydrogens (primary N) is 1. The van der Waals surface area contributed by atoms with Crippen molar-refractivity contribution >= 4 is 29.0 Å². The highest BCUT2D eigenvalue weighted by atomic mass is 16.2. The number of nitrogen functional groups attached to an aromatic ring is 1. The fourth-order valence-corrected chi connectivity index (χ4v) is 4.71. The van der Waals surface area contributed by atoms with Crippen LogP contribution in [0.1, 0.15) is 54.5 Å². The number of aryl methyl sites for hydroxylation is 1. The van der Waals surface area contributed by atoms with Gasteiger partial charge in [-0.05, 0) is 61.9 Å². The van der Waals surface area contributed by atoms with Crippen LogP contribution >= 0.6 is 0 Å². The molecule has 9 heteroatoms. The van der Waals surface area contributed by atoms with Crippen LogP contribution in [-0.2, 0) is 11.2 Å². The fourth-order valence-electron chi connectivity index (χ4n) is 4.71. The highest BCUT2D eigenvalue weighted by Gasteiger charge is 2.33. The normalized spacial score (nSPS) is 14.9. The van der Waals surface area contributed by atoms with E-state index in [2.05, 4.69) is 27.1 Å². The van der Waals surface area contributed by atoms with E-state index in [0.29, 0.717) is 40.8 Å². The van der Waals surface area contributed by atoms with Crippen LogP contribution in [0.15, 0.2) is 55.0 Å². The van der Waals surface area contributed by atoms with E-state index in [-0.39, 0.29) is 17.9 Å². The van der Waals surface area contributed by atoms with Crippen molar-refractivity contribution in [3.8, 4) is 23.1 Å². The molecule has 4 heterocycles. The van der Waals surface area contributed by atoms with Gasteiger partial charge in [-0.25, -0.2) is 15.0 Å². The first-order valence-electron chi connectivity index (χ1n) is 12.2. The Morgan fingerprint density at radius 3 is 2.73 bits per heavy atom. The lowest BCUT2D eigenvalue weighted by atomic mass is 10.1. The number of rotatable bonds is 5. The topological polar surface area (TPSA) is 119 Å². The van der Waals surface area contributed by atoms with Gasteiger partial charge in [0.25, 0.3) is 11.8 Å². The molecule has 1 aliphatic rings. The van der Waals surface area contributed by atoms with Crippen LogP contribution in [0.2, 0.25) is 0 Å². The minimum Gasteiger partial charge on any atom is -0.382 e. The number of carbonyl (C=O) groups is 2. The molecule has 1 aromatic carbocycles. The van der Waals surface area contributed by atoms with Gasteiger partial charge in [0.1, 0.15) is 28.7 Å². The number of hydrogen-bond acceptors (Lipinski definition) is 6. The summed E-state index contributed by atoms with van der Waals surface area (Å²) in [4.78, 5) is 40.6. The summed E-state index contributed by atoms with van der Waals surface area (Å²) in [7, 11) is 0. The zero-order chi connectivity index (χ0) is 25.9. The molecule has 0 aliphatic carbocycles. The molecule has 5 rings (SSSR count). The number of aromatic nitrogens is 4. The minimum absolute atomic E-state index is 0.209. The van der Waals surface area contributed by atoms with Gasteiger partial charge in [-0.3, -0.25) is 14.0 Å². The molecule has 2 amide bonds. The molecule has 0 radical (unpaired) electrons. The molecule has 1 saturated heterocycles. The first-order valence-corrected chi connectivity index (χ1v) is 12.2. The second kappa shape index (κ2) is 10.1. The standard InChI is InChI=1S/C28H27N7O2/c1-3-6-23(36)34-15-5-7-21(34)27-33-24(25-26(29)31-14-16-35(25)27)19-8-10-20(11-9-19)28(37)32-22-17-18(4-2)12-13-30-22/h8-14,16-17,21H,4-5,7,15H2,1-2H3,(H2,29,31)(H,30,32,37). The predicted molar refractivity (Wildman–Crippen MR) is 142 cm³/mol. The maximum Gasteiger partial charge on any atom is 0.299 e. The third kappa shape index (κ3) is 4.61. The number of pyridine rings is 1. The maximum absolute atomic E-state index is 12.8. The van der Waals surface area contributed by atoms with Crippen LogP contribution < -0.4 is 11.1 Å². The molecule has 1 fully saturated rings. The highest BCUT2D eigenvalue weighted by Crippen LogP contribution is 2.36. The molecular weight excluding hydrogens is 466 g/mol. The van der Waals surface area contributed by atoms with E-state index in [0.717, 1.165) is 30.4 Å². The SMILES string of the molecule is CC#CC(=O)N1CCCC1c1nc(-c2ccc(C(=O)Nc3cc(CC)ccn3)cc2)c2c(N)nccn12. The molecule has 9 nitrogen and oxygen atoms in total. The van der Waals surface area contributed by atoms with Crippen LogP contribution in [-0.4, -0.2) is 42.6 Å². The average Bonchev–Trinajstić information content (AvgIpc) is 3.55. The van der Waals surface area contributed by atoms with Crippen molar-refractivity contribution in [2.45, 2.75) is 39.2 Å². The number of fused-ring (bicyclic) bond motifs is 1. The predicted octanol–water partition coefficient (Wildman–Crippen LogP) is 3.88. The fraction of sp³-hybridized carbons (Fsp3) is 0.250. The quantitative estimate of drug-likeness (QED) is 0.408. The van der Waals surface area contributed by atoms with E-state index >= 15 is 0 Å². The molecule has 37 heavy (non-hydrogen) atoms. The van der Waals surface area contributed by atoms with Crippen molar-refractivity contribution in [2.24, 2.45) is 0 Å². The van der Waals surface area contributed by atoms with E-state index < -0.39 is 0 Å². The summed E-state index contributed by atoms with van der Waals surface area (Å²) < 4.78 is 1.90. The van der Waals surface area contributed by atoms with Crippen LogP contribution in [0.3, 0.4) is 0 Å². The maximum atomic E-state index is 12.8. The van der Waals surface area contributed by atoms with Gasteiger partial charge in [-0.15, -0.1) is 0 Å². The Kier molecular flexibility index (Phi) is 6.56. The van der Waals surface area contributed by atoms with Crippen LogP contribution in [0.5, 0.6) is 0 Å². The second-order valence-electron chi connectivity index (χ2n) is 8.82. The van der Waals surface area contributed by atoms with Gasteiger partial charge in [-0.2, -0.15) is 0 Å². The summed E-state index contributed by atoms with van der Waals surface area (Å²) in [5.74, 6) is 6.45. The van der Waals surface area contributed by atoms with Crippen molar-refractivity contribution in [1.29, 1.82) is 0 Å². The van der Waals surface area contributed by atoms with Gasteiger partial charge in [0.05, 0.1) is 6.04 Å². The third-order valence-electron chi connectivity index (χ3n) is 6.55. The monoisotopic (exact) mass is 493 g/mol. The second-order valence-corrected chi connectivity index (χ2v) is 8.82. The first-order chi connectivity index (χ1) is 18.0. The highest BCUT2D eigenvalue weighted by molar-refractivity contribution is 6.04. The average molecular weight is 494 g/mol. The van der Waals surface area contributed by atoms with Crippen LogP contribution in [0, 0.1) is 11.8 Å². The molecule has 0 saturated carbocycles. The van der Waals surface area contributed by atoms with Gasteiger partial charge >= 0.3 is 0 Å².